The standard InChI is InChI=1S/C51H33N3S/c1-2-9-34(10-3-1)35-18-20-36(21-19-35)46-14-4-16-48-49-17-5-15-47(51(49)55-50(46)48)45-29-42(39-13-8-24-54-33-39)28-44(30-45)43-26-40(37-11-6-22-52-31-37)25-41(27-43)38-12-7-23-53-32-38/h1-33H. The first-order valence-electron chi connectivity index (χ1n) is 18.4. The van der Waals surface area contributed by atoms with Crippen LogP contribution in [-0.4, -0.2) is 15.0 Å². The molecule has 0 amide bonds. The number of benzene rings is 6. The molecule has 4 aromatic heterocycles. The molecule has 0 fully saturated rings. The summed E-state index contributed by atoms with van der Waals surface area (Å²) in [7, 11) is 0. The highest BCUT2D eigenvalue weighted by molar-refractivity contribution is 7.26. The predicted molar refractivity (Wildman–Crippen MR) is 231 cm³/mol. The third-order valence-electron chi connectivity index (χ3n) is 10.3. The lowest BCUT2D eigenvalue weighted by Crippen LogP contribution is -1.90. The van der Waals surface area contributed by atoms with Crippen molar-refractivity contribution < 1.29 is 0 Å². The Morgan fingerprint density at radius 2 is 0.655 bits per heavy atom. The fourth-order valence-electron chi connectivity index (χ4n) is 7.59. The van der Waals surface area contributed by atoms with Crippen molar-refractivity contribution in [2.75, 3.05) is 0 Å². The number of fused-ring (bicyclic) bond motifs is 3. The van der Waals surface area contributed by atoms with E-state index >= 15 is 0 Å². The van der Waals surface area contributed by atoms with Crippen LogP contribution < -0.4 is 0 Å². The van der Waals surface area contributed by atoms with Gasteiger partial charge in [-0.3, -0.25) is 15.0 Å². The minimum Gasteiger partial charge on any atom is -0.264 e. The average molecular weight is 720 g/mol. The zero-order valence-electron chi connectivity index (χ0n) is 29.8. The van der Waals surface area contributed by atoms with Crippen molar-refractivity contribution in [3.8, 4) is 77.9 Å². The van der Waals surface area contributed by atoms with Gasteiger partial charge in [0.05, 0.1) is 0 Å². The Morgan fingerprint density at radius 3 is 1.11 bits per heavy atom. The molecule has 258 valence electrons. The molecule has 6 aromatic carbocycles. The van der Waals surface area contributed by atoms with Gasteiger partial charge in [0.15, 0.2) is 0 Å². The van der Waals surface area contributed by atoms with Crippen molar-refractivity contribution in [1.82, 2.24) is 15.0 Å². The molecule has 0 saturated heterocycles. The van der Waals surface area contributed by atoms with Gasteiger partial charge in [-0.15, -0.1) is 11.3 Å². The van der Waals surface area contributed by atoms with Crippen LogP contribution in [0.3, 0.4) is 0 Å². The molecule has 0 aliphatic carbocycles. The summed E-state index contributed by atoms with van der Waals surface area (Å²) < 4.78 is 2.58. The van der Waals surface area contributed by atoms with Gasteiger partial charge < -0.3 is 0 Å². The molecule has 4 heterocycles. The average Bonchev–Trinajstić information content (AvgIpc) is 3.67. The Balaban J connectivity index is 1.15. The van der Waals surface area contributed by atoms with Gasteiger partial charge in [-0.1, -0.05) is 109 Å². The number of nitrogens with zero attached hydrogens (tertiary/aromatic N) is 3. The zero-order chi connectivity index (χ0) is 36.6. The van der Waals surface area contributed by atoms with Crippen molar-refractivity contribution in [2.45, 2.75) is 0 Å². The van der Waals surface area contributed by atoms with Crippen LogP contribution in [0.25, 0.3) is 98.1 Å². The Hall–Kier alpha value is -7.01. The smallest absolute Gasteiger partial charge is 0.0434 e. The summed E-state index contributed by atoms with van der Waals surface area (Å²) in [6.07, 6.45) is 11.3. The molecular formula is C51H33N3S. The third-order valence-corrected chi connectivity index (χ3v) is 11.6. The van der Waals surface area contributed by atoms with Crippen molar-refractivity contribution in [2.24, 2.45) is 0 Å². The number of aromatic nitrogens is 3. The summed E-state index contributed by atoms with van der Waals surface area (Å²) in [4.78, 5) is 13.4. The van der Waals surface area contributed by atoms with Gasteiger partial charge in [-0.05, 0) is 116 Å². The summed E-state index contributed by atoms with van der Waals surface area (Å²) in [5, 5.41) is 2.55. The molecule has 3 nitrogen and oxygen atoms in total. The first-order chi connectivity index (χ1) is 27.2. The molecule has 10 aromatic rings. The summed E-state index contributed by atoms with van der Waals surface area (Å²) in [5.41, 5.74) is 16.1. The Labute approximate surface area is 323 Å². The van der Waals surface area contributed by atoms with Gasteiger partial charge in [0.2, 0.25) is 0 Å². The molecule has 0 unspecified atom stereocenters. The fourth-order valence-corrected chi connectivity index (χ4v) is 8.96. The molecule has 0 spiro atoms. The van der Waals surface area contributed by atoms with Gasteiger partial charge in [-0.2, -0.15) is 0 Å². The third kappa shape index (κ3) is 6.29. The van der Waals surface area contributed by atoms with E-state index in [1.54, 1.807) is 0 Å². The molecule has 0 saturated carbocycles. The minimum atomic E-state index is 1.07. The monoisotopic (exact) mass is 719 g/mol. The Morgan fingerprint density at radius 1 is 0.273 bits per heavy atom. The SMILES string of the molecule is c1ccc(-c2ccc(-c3cccc4c3sc3c(-c5cc(-c6cccnc6)cc(-c6cc(-c7cccnc7)cc(-c7cccnc7)c6)c5)cccc34)cc2)cc1. The van der Waals surface area contributed by atoms with E-state index in [9.17, 15) is 0 Å². The number of hydrogen-bond donors (Lipinski definition) is 0. The maximum atomic E-state index is 4.50. The molecule has 0 atom stereocenters. The topological polar surface area (TPSA) is 38.7 Å². The first kappa shape index (κ1) is 32.6. The van der Waals surface area contributed by atoms with Gasteiger partial charge in [0, 0.05) is 74.0 Å². The Bertz CT molecular complexity index is 2880. The highest BCUT2D eigenvalue weighted by atomic mass is 32.1. The quantitative estimate of drug-likeness (QED) is 0.165. The second-order valence-corrected chi connectivity index (χ2v) is 14.8. The molecule has 4 heteroatoms. The maximum Gasteiger partial charge on any atom is 0.0434 e. The summed E-state index contributed by atoms with van der Waals surface area (Å²) >= 11 is 1.88. The molecule has 0 N–H and O–H groups in total. The van der Waals surface area contributed by atoms with Gasteiger partial charge in [0.1, 0.15) is 0 Å². The predicted octanol–water partition coefficient (Wildman–Crippen LogP) is 13.9. The van der Waals surface area contributed by atoms with Crippen LogP contribution in [0.1, 0.15) is 0 Å². The van der Waals surface area contributed by atoms with Gasteiger partial charge in [-0.25, -0.2) is 0 Å². The Kier molecular flexibility index (Phi) is 8.36. The van der Waals surface area contributed by atoms with Crippen molar-refractivity contribution in [3.63, 3.8) is 0 Å². The van der Waals surface area contributed by atoms with Crippen molar-refractivity contribution >= 4 is 31.5 Å². The lowest BCUT2D eigenvalue weighted by atomic mass is 9.90. The first-order valence-corrected chi connectivity index (χ1v) is 19.2. The van der Waals surface area contributed by atoms with E-state index in [0.717, 1.165) is 50.1 Å². The molecule has 55 heavy (non-hydrogen) atoms. The van der Waals surface area contributed by atoms with E-state index in [4.69, 9.17) is 0 Å². The van der Waals surface area contributed by atoms with E-state index in [0.29, 0.717) is 0 Å². The maximum absolute atomic E-state index is 4.50. The number of thiophene rings is 1. The fraction of sp³-hybridized carbons (Fsp3) is 0. The van der Waals surface area contributed by atoms with E-state index in [1.165, 1.54) is 48.0 Å². The van der Waals surface area contributed by atoms with E-state index in [2.05, 4.69) is 161 Å². The van der Waals surface area contributed by atoms with Gasteiger partial charge in [0.25, 0.3) is 0 Å². The molecule has 0 aliphatic heterocycles. The molecular weight excluding hydrogens is 687 g/mol. The normalized spacial score (nSPS) is 11.3. The minimum absolute atomic E-state index is 1.07. The van der Waals surface area contributed by atoms with Crippen LogP contribution in [0.5, 0.6) is 0 Å². The summed E-state index contributed by atoms with van der Waals surface area (Å²) in [6, 6.07) is 59.1. The van der Waals surface area contributed by atoms with Crippen molar-refractivity contribution in [1.29, 1.82) is 0 Å². The summed E-state index contributed by atoms with van der Waals surface area (Å²) in [5.74, 6) is 0. The largest absolute Gasteiger partial charge is 0.264 e. The van der Waals surface area contributed by atoms with Crippen LogP contribution in [-0.2, 0) is 0 Å². The van der Waals surface area contributed by atoms with E-state index in [-0.39, 0.29) is 0 Å². The van der Waals surface area contributed by atoms with E-state index < -0.39 is 0 Å². The van der Waals surface area contributed by atoms with Crippen LogP contribution >= 0.6 is 11.3 Å². The zero-order valence-corrected chi connectivity index (χ0v) is 30.6. The number of hydrogen-bond acceptors (Lipinski definition) is 4. The van der Waals surface area contributed by atoms with Crippen LogP contribution in [0.4, 0.5) is 0 Å². The van der Waals surface area contributed by atoms with Crippen LogP contribution in [0.15, 0.2) is 201 Å². The second kappa shape index (κ2) is 14.1. The number of pyridine rings is 3. The van der Waals surface area contributed by atoms with E-state index in [1.807, 2.05) is 66.7 Å². The summed E-state index contributed by atoms with van der Waals surface area (Å²) in [6.45, 7) is 0. The van der Waals surface area contributed by atoms with Crippen LogP contribution in [0, 0.1) is 0 Å². The highest BCUT2D eigenvalue weighted by Crippen LogP contribution is 2.45. The molecule has 0 radical (unpaired) electrons. The van der Waals surface area contributed by atoms with Crippen LogP contribution in [0.2, 0.25) is 0 Å². The number of rotatable bonds is 7. The molecule has 0 aliphatic rings. The lowest BCUT2D eigenvalue weighted by molar-refractivity contribution is 1.32. The van der Waals surface area contributed by atoms with Gasteiger partial charge >= 0.3 is 0 Å². The highest BCUT2D eigenvalue weighted by Gasteiger charge is 2.17. The second-order valence-electron chi connectivity index (χ2n) is 13.7. The lowest BCUT2D eigenvalue weighted by Gasteiger charge is -2.14. The molecule has 10 rings (SSSR count). The molecule has 0 bridgehead atoms. The van der Waals surface area contributed by atoms with Crippen molar-refractivity contribution in [3.05, 3.63) is 201 Å².